The maximum Gasteiger partial charge on any atom is 0.329 e. The van der Waals surface area contributed by atoms with Crippen LogP contribution in [0.25, 0.3) is 0 Å². The second-order valence-electron chi connectivity index (χ2n) is 3.87. The SMILES string of the molecule is CN(C(=O)c1csc(I)c1)C(C)(C)C(=O)O. The van der Waals surface area contributed by atoms with Crippen LogP contribution >= 0.6 is 33.9 Å². The van der Waals surface area contributed by atoms with Gasteiger partial charge in [-0.15, -0.1) is 11.3 Å². The Balaban J connectivity index is 2.95. The van der Waals surface area contributed by atoms with E-state index in [1.165, 1.54) is 37.1 Å². The van der Waals surface area contributed by atoms with Gasteiger partial charge in [-0.05, 0) is 42.5 Å². The Bertz CT molecular complexity index is 427. The van der Waals surface area contributed by atoms with Crippen LogP contribution in [-0.2, 0) is 4.79 Å². The standard InChI is InChI=1S/C10H12INO3S/c1-10(2,9(14)15)12(3)8(13)6-4-7(11)16-5-6/h4-5H,1-3H3,(H,14,15). The quantitative estimate of drug-likeness (QED) is 0.849. The van der Waals surface area contributed by atoms with Crippen molar-refractivity contribution in [1.29, 1.82) is 0 Å². The highest BCUT2D eigenvalue weighted by atomic mass is 127. The molecule has 0 aliphatic rings. The third-order valence-corrected chi connectivity index (χ3v) is 4.27. The van der Waals surface area contributed by atoms with Crippen LogP contribution in [0.5, 0.6) is 0 Å². The van der Waals surface area contributed by atoms with Crippen LogP contribution in [0.1, 0.15) is 24.2 Å². The van der Waals surface area contributed by atoms with E-state index in [2.05, 4.69) is 22.6 Å². The molecule has 1 aromatic heterocycles. The number of carbonyl (C=O) groups is 2. The Kier molecular flexibility index (Phi) is 3.95. The average molecular weight is 353 g/mol. The number of likely N-dealkylation sites (N-methyl/N-ethyl adjacent to an activating group) is 1. The smallest absolute Gasteiger partial charge is 0.329 e. The summed E-state index contributed by atoms with van der Waals surface area (Å²) in [5, 5.41) is 10.8. The van der Waals surface area contributed by atoms with Gasteiger partial charge in [-0.25, -0.2) is 4.79 Å². The normalized spacial score (nSPS) is 11.2. The summed E-state index contributed by atoms with van der Waals surface area (Å²) >= 11 is 3.58. The van der Waals surface area contributed by atoms with Crippen molar-refractivity contribution in [1.82, 2.24) is 4.90 Å². The summed E-state index contributed by atoms with van der Waals surface area (Å²) in [6.07, 6.45) is 0. The molecule has 1 N–H and O–H groups in total. The molecule has 0 saturated heterocycles. The zero-order valence-electron chi connectivity index (χ0n) is 9.15. The highest BCUT2D eigenvalue weighted by Gasteiger charge is 2.35. The predicted molar refractivity (Wildman–Crippen MR) is 70.8 cm³/mol. The van der Waals surface area contributed by atoms with Crippen LogP contribution in [0.15, 0.2) is 11.4 Å². The summed E-state index contributed by atoms with van der Waals surface area (Å²) in [6.45, 7) is 3.01. The van der Waals surface area contributed by atoms with Crippen molar-refractivity contribution in [3.05, 3.63) is 19.9 Å². The minimum atomic E-state index is -1.20. The predicted octanol–water partition coefficient (Wildman–Crippen LogP) is 2.29. The van der Waals surface area contributed by atoms with E-state index in [4.69, 9.17) is 5.11 Å². The molecule has 4 nitrogen and oxygen atoms in total. The molecule has 1 rings (SSSR count). The Morgan fingerprint density at radius 3 is 2.44 bits per heavy atom. The summed E-state index contributed by atoms with van der Waals surface area (Å²) in [5.74, 6) is -1.29. The number of carbonyl (C=O) groups excluding carboxylic acids is 1. The molecule has 0 spiro atoms. The fourth-order valence-corrected chi connectivity index (χ4v) is 2.33. The molecule has 0 bridgehead atoms. The highest BCUT2D eigenvalue weighted by molar-refractivity contribution is 14.1. The average Bonchev–Trinajstić information content (AvgIpc) is 2.62. The molecule has 0 saturated carbocycles. The van der Waals surface area contributed by atoms with Gasteiger partial charge in [0.1, 0.15) is 5.54 Å². The lowest BCUT2D eigenvalue weighted by molar-refractivity contribution is -0.147. The van der Waals surface area contributed by atoms with E-state index in [0.717, 1.165) is 2.88 Å². The first-order valence-electron chi connectivity index (χ1n) is 4.52. The topological polar surface area (TPSA) is 57.6 Å². The molecule has 0 aliphatic heterocycles. The van der Waals surface area contributed by atoms with Crippen molar-refractivity contribution in [2.75, 3.05) is 7.05 Å². The van der Waals surface area contributed by atoms with Gasteiger partial charge in [0.15, 0.2) is 0 Å². The first kappa shape index (κ1) is 13.4. The molecule has 0 atom stereocenters. The molecule has 0 fully saturated rings. The molecule has 0 unspecified atom stereocenters. The third kappa shape index (κ3) is 2.54. The lowest BCUT2D eigenvalue weighted by Gasteiger charge is -2.31. The van der Waals surface area contributed by atoms with Crippen molar-refractivity contribution >= 4 is 45.8 Å². The molecule has 88 valence electrons. The number of thiophene rings is 1. The molecule has 0 aliphatic carbocycles. The van der Waals surface area contributed by atoms with E-state index in [0.29, 0.717) is 5.56 Å². The second-order valence-corrected chi connectivity index (χ2v) is 6.67. The van der Waals surface area contributed by atoms with Gasteiger partial charge >= 0.3 is 5.97 Å². The number of carboxylic acids is 1. The van der Waals surface area contributed by atoms with E-state index in [-0.39, 0.29) is 5.91 Å². The van der Waals surface area contributed by atoms with Crippen molar-refractivity contribution < 1.29 is 14.7 Å². The zero-order chi connectivity index (χ0) is 12.5. The Labute approximate surface area is 111 Å². The highest BCUT2D eigenvalue weighted by Crippen LogP contribution is 2.21. The molecule has 1 heterocycles. The molecular weight excluding hydrogens is 341 g/mol. The summed E-state index contributed by atoms with van der Waals surface area (Å²) in [7, 11) is 1.50. The molecule has 1 amide bonds. The van der Waals surface area contributed by atoms with Gasteiger partial charge in [0.05, 0.1) is 8.45 Å². The van der Waals surface area contributed by atoms with Gasteiger partial charge in [0, 0.05) is 12.4 Å². The number of hydrogen-bond acceptors (Lipinski definition) is 3. The lowest BCUT2D eigenvalue weighted by atomic mass is 10.0. The van der Waals surface area contributed by atoms with Crippen LogP contribution in [0.4, 0.5) is 0 Å². The van der Waals surface area contributed by atoms with Gasteiger partial charge in [-0.3, -0.25) is 4.79 Å². The number of carboxylic acid groups (broad SMARTS) is 1. The largest absolute Gasteiger partial charge is 0.480 e. The summed E-state index contributed by atoms with van der Waals surface area (Å²) in [6, 6.07) is 1.75. The van der Waals surface area contributed by atoms with Crippen molar-refractivity contribution in [2.45, 2.75) is 19.4 Å². The lowest BCUT2D eigenvalue weighted by Crippen LogP contribution is -2.50. The van der Waals surface area contributed by atoms with Crippen LogP contribution in [0.3, 0.4) is 0 Å². The summed E-state index contributed by atoms with van der Waals surface area (Å²) in [4.78, 5) is 24.2. The van der Waals surface area contributed by atoms with Crippen molar-refractivity contribution in [3.8, 4) is 0 Å². The van der Waals surface area contributed by atoms with E-state index in [1.54, 1.807) is 11.4 Å². The van der Waals surface area contributed by atoms with Crippen LogP contribution in [0, 0.1) is 2.88 Å². The third-order valence-electron chi connectivity index (χ3n) is 2.48. The van der Waals surface area contributed by atoms with E-state index in [1.807, 2.05) is 0 Å². The molecular formula is C10H12INO3S. The first-order valence-corrected chi connectivity index (χ1v) is 6.48. The Morgan fingerprint density at radius 1 is 1.50 bits per heavy atom. The Morgan fingerprint density at radius 2 is 2.06 bits per heavy atom. The first-order chi connectivity index (χ1) is 7.26. The van der Waals surface area contributed by atoms with E-state index >= 15 is 0 Å². The number of nitrogens with zero attached hydrogens (tertiary/aromatic N) is 1. The maximum atomic E-state index is 12.0. The maximum absolute atomic E-state index is 12.0. The molecule has 1 aromatic rings. The second kappa shape index (κ2) is 4.70. The van der Waals surface area contributed by atoms with Crippen LogP contribution in [-0.4, -0.2) is 34.5 Å². The number of hydrogen-bond donors (Lipinski definition) is 1. The zero-order valence-corrected chi connectivity index (χ0v) is 12.1. The van der Waals surface area contributed by atoms with Crippen molar-refractivity contribution in [3.63, 3.8) is 0 Å². The molecule has 0 radical (unpaired) electrons. The van der Waals surface area contributed by atoms with E-state index < -0.39 is 11.5 Å². The van der Waals surface area contributed by atoms with Gasteiger partial charge in [-0.1, -0.05) is 0 Å². The number of aliphatic carboxylic acids is 1. The number of halogens is 1. The van der Waals surface area contributed by atoms with E-state index in [9.17, 15) is 9.59 Å². The fraction of sp³-hybridized carbons (Fsp3) is 0.400. The van der Waals surface area contributed by atoms with Gasteiger partial charge in [0.2, 0.25) is 0 Å². The number of rotatable bonds is 3. The molecule has 6 heteroatoms. The van der Waals surface area contributed by atoms with Gasteiger partial charge in [0.25, 0.3) is 5.91 Å². The molecule has 0 aromatic carbocycles. The van der Waals surface area contributed by atoms with Crippen LogP contribution in [0.2, 0.25) is 0 Å². The van der Waals surface area contributed by atoms with Gasteiger partial charge < -0.3 is 10.0 Å². The fourth-order valence-electron chi connectivity index (χ4n) is 1.01. The number of amides is 1. The monoisotopic (exact) mass is 353 g/mol. The minimum absolute atomic E-state index is 0.272. The van der Waals surface area contributed by atoms with Crippen molar-refractivity contribution in [2.24, 2.45) is 0 Å². The van der Waals surface area contributed by atoms with Crippen LogP contribution < -0.4 is 0 Å². The Hall–Kier alpha value is -0.630. The molecule has 16 heavy (non-hydrogen) atoms. The minimum Gasteiger partial charge on any atom is -0.480 e. The summed E-state index contributed by atoms with van der Waals surface area (Å²) in [5.41, 5.74) is -0.670. The van der Waals surface area contributed by atoms with Gasteiger partial charge in [-0.2, -0.15) is 0 Å². The summed E-state index contributed by atoms with van der Waals surface area (Å²) < 4.78 is 1.00.